The third kappa shape index (κ3) is 5.03. The molecule has 0 saturated carbocycles. The summed E-state index contributed by atoms with van der Waals surface area (Å²) in [7, 11) is -4.03. The SMILES string of the molecule is Cc1ccc(S(=O)(=O)Nc2ccccc2F)cc1C(=O)NCCC(C)N. The van der Waals surface area contributed by atoms with E-state index in [4.69, 9.17) is 5.73 Å². The van der Waals surface area contributed by atoms with Crippen LogP contribution in [0.2, 0.25) is 0 Å². The quantitative estimate of drug-likeness (QED) is 0.687. The molecule has 0 heterocycles. The first-order valence-electron chi connectivity index (χ1n) is 8.12. The van der Waals surface area contributed by atoms with E-state index in [1.165, 1.54) is 36.4 Å². The molecular formula is C18H22FN3O3S. The number of amides is 1. The van der Waals surface area contributed by atoms with Gasteiger partial charge in [-0.1, -0.05) is 18.2 Å². The third-order valence-corrected chi connectivity index (χ3v) is 5.13. The monoisotopic (exact) mass is 379 g/mol. The number of sulfonamides is 1. The molecule has 1 atom stereocenters. The van der Waals surface area contributed by atoms with Crippen molar-refractivity contribution in [2.45, 2.75) is 31.2 Å². The van der Waals surface area contributed by atoms with E-state index in [1.54, 1.807) is 6.92 Å². The number of halogens is 1. The van der Waals surface area contributed by atoms with E-state index in [0.29, 0.717) is 18.5 Å². The molecule has 2 aromatic carbocycles. The van der Waals surface area contributed by atoms with E-state index in [0.717, 1.165) is 6.07 Å². The van der Waals surface area contributed by atoms with Crippen LogP contribution in [-0.4, -0.2) is 26.9 Å². The summed E-state index contributed by atoms with van der Waals surface area (Å²) in [6.45, 7) is 3.93. The second-order valence-corrected chi connectivity index (χ2v) is 7.77. The molecule has 0 bridgehead atoms. The Kier molecular flexibility index (Phi) is 6.33. The van der Waals surface area contributed by atoms with Crippen molar-refractivity contribution in [3.05, 3.63) is 59.4 Å². The van der Waals surface area contributed by atoms with Gasteiger partial charge >= 0.3 is 0 Å². The minimum Gasteiger partial charge on any atom is -0.352 e. The molecule has 0 aromatic heterocycles. The number of hydrogen-bond acceptors (Lipinski definition) is 4. The molecule has 4 N–H and O–H groups in total. The topological polar surface area (TPSA) is 101 Å². The Morgan fingerprint density at radius 1 is 1.23 bits per heavy atom. The van der Waals surface area contributed by atoms with Crippen LogP contribution >= 0.6 is 0 Å². The first-order valence-corrected chi connectivity index (χ1v) is 9.61. The molecule has 8 heteroatoms. The van der Waals surface area contributed by atoms with Gasteiger partial charge in [-0.3, -0.25) is 9.52 Å². The predicted octanol–water partition coefficient (Wildman–Crippen LogP) is 2.40. The normalized spacial score (nSPS) is 12.5. The van der Waals surface area contributed by atoms with Gasteiger partial charge in [-0.25, -0.2) is 12.8 Å². The summed E-state index contributed by atoms with van der Waals surface area (Å²) in [6, 6.07) is 9.60. The summed E-state index contributed by atoms with van der Waals surface area (Å²) in [5.74, 6) is -1.07. The van der Waals surface area contributed by atoms with Crippen LogP contribution in [-0.2, 0) is 10.0 Å². The lowest BCUT2D eigenvalue weighted by Crippen LogP contribution is -2.29. The van der Waals surface area contributed by atoms with Crippen molar-refractivity contribution >= 4 is 21.6 Å². The number of hydrogen-bond donors (Lipinski definition) is 3. The molecule has 2 aromatic rings. The summed E-state index contributed by atoms with van der Waals surface area (Å²) in [4.78, 5) is 12.2. The van der Waals surface area contributed by atoms with Crippen molar-refractivity contribution in [3.8, 4) is 0 Å². The molecule has 1 amide bonds. The van der Waals surface area contributed by atoms with Gasteiger partial charge in [-0.2, -0.15) is 0 Å². The van der Waals surface area contributed by atoms with Crippen LogP contribution in [0.25, 0.3) is 0 Å². The molecular weight excluding hydrogens is 357 g/mol. The standard InChI is InChI=1S/C18H22FN3O3S/c1-12-7-8-14(11-15(12)18(23)21-10-9-13(2)20)26(24,25)22-17-6-4-3-5-16(17)19/h3-8,11,13,22H,9-10,20H2,1-2H3,(H,21,23). The molecule has 0 aliphatic carbocycles. The number of aryl methyl sites for hydroxylation is 1. The van der Waals surface area contributed by atoms with E-state index >= 15 is 0 Å². The average Bonchev–Trinajstić information content (AvgIpc) is 2.56. The number of rotatable bonds is 7. The fraction of sp³-hybridized carbons (Fsp3) is 0.278. The zero-order valence-electron chi connectivity index (χ0n) is 14.6. The van der Waals surface area contributed by atoms with Crippen LogP contribution in [0.1, 0.15) is 29.3 Å². The van der Waals surface area contributed by atoms with E-state index in [-0.39, 0.29) is 28.1 Å². The van der Waals surface area contributed by atoms with Crippen LogP contribution in [0, 0.1) is 12.7 Å². The van der Waals surface area contributed by atoms with Crippen molar-refractivity contribution in [1.29, 1.82) is 0 Å². The maximum absolute atomic E-state index is 13.7. The molecule has 1 unspecified atom stereocenters. The second kappa shape index (κ2) is 8.29. The number of carbonyl (C=O) groups excluding carboxylic acids is 1. The van der Waals surface area contributed by atoms with Gasteiger partial charge in [0.25, 0.3) is 15.9 Å². The van der Waals surface area contributed by atoms with Crippen molar-refractivity contribution in [3.63, 3.8) is 0 Å². The molecule has 0 aliphatic heterocycles. The largest absolute Gasteiger partial charge is 0.352 e. The molecule has 140 valence electrons. The Labute approximate surface area is 152 Å². The summed E-state index contributed by atoms with van der Waals surface area (Å²) in [5.41, 5.74) is 6.36. The number of carbonyl (C=O) groups is 1. The Morgan fingerprint density at radius 3 is 2.58 bits per heavy atom. The van der Waals surface area contributed by atoms with Gasteiger partial charge in [0.15, 0.2) is 0 Å². The summed E-state index contributed by atoms with van der Waals surface area (Å²) in [5, 5.41) is 2.71. The van der Waals surface area contributed by atoms with Gasteiger partial charge in [-0.15, -0.1) is 0 Å². The summed E-state index contributed by atoms with van der Waals surface area (Å²) in [6.07, 6.45) is 0.609. The maximum atomic E-state index is 13.7. The van der Waals surface area contributed by atoms with E-state index in [1.807, 2.05) is 6.92 Å². The van der Waals surface area contributed by atoms with E-state index in [9.17, 15) is 17.6 Å². The minimum atomic E-state index is -4.03. The lowest BCUT2D eigenvalue weighted by molar-refractivity contribution is 0.0952. The average molecular weight is 379 g/mol. The van der Waals surface area contributed by atoms with Crippen molar-refractivity contribution in [1.82, 2.24) is 5.32 Å². The molecule has 0 saturated heterocycles. The highest BCUT2D eigenvalue weighted by Gasteiger charge is 2.19. The fourth-order valence-electron chi connectivity index (χ4n) is 2.27. The van der Waals surface area contributed by atoms with Crippen LogP contribution in [0.15, 0.2) is 47.4 Å². The summed E-state index contributed by atoms with van der Waals surface area (Å²) < 4.78 is 40.9. The van der Waals surface area contributed by atoms with Crippen LogP contribution in [0.3, 0.4) is 0 Å². The second-order valence-electron chi connectivity index (χ2n) is 6.08. The Morgan fingerprint density at radius 2 is 1.92 bits per heavy atom. The summed E-state index contributed by atoms with van der Waals surface area (Å²) >= 11 is 0. The van der Waals surface area contributed by atoms with Crippen molar-refractivity contribution in [2.24, 2.45) is 5.73 Å². The molecule has 0 spiro atoms. The molecule has 26 heavy (non-hydrogen) atoms. The van der Waals surface area contributed by atoms with Gasteiger partial charge in [-0.05, 0) is 50.1 Å². The molecule has 2 rings (SSSR count). The highest BCUT2D eigenvalue weighted by molar-refractivity contribution is 7.92. The Bertz CT molecular complexity index is 898. The van der Waals surface area contributed by atoms with Crippen LogP contribution < -0.4 is 15.8 Å². The third-order valence-electron chi connectivity index (χ3n) is 3.77. The number of para-hydroxylation sites is 1. The lowest BCUT2D eigenvalue weighted by Gasteiger charge is -2.12. The number of anilines is 1. The van der Waals surface area contributed by atoms with Gasteiger partial charge in [0.05, 0.1) is 10.6 Å². The number of nitrogens with one attached hydrogen (secondary N) is 2. The molecule has 0 fully saturated rings. The molecule has 0 aliphatic rings. The Hall–Kier alpha value is -2.45. The molecule has 6 nitrogen and oxygen atoms in total. The highest BCUT2D eigenvalue weighted by Crippen LogP contribution is 2.21. The number of nitrogens with two attached hydrogens (primary N) is 1. The van der Waals surface area contributed by atoms with Gasteiger partial charge in [0.1, 0.15) is 5.82 Å². The van der Waals surface area contributed by atoms with Crippen LogP contribution in [0.4, 0.5) is 10.1 Å². The highest BCUT2D eigenvalue weighted by atomic mass is 32.2. The van der Waals surface area contributed by atoms with Gasteiger partial charge < -0.3 is 11.1 Å². The fourth-order valence-corrected chi connectivity index (χ4v) is 3.36. The zero-order chi connectivity index (χ0) is 19.3. The maximum Gasteiger partial charge on any atom is 0.262 e. The minimum absolute atomic E-state index is 0.0481. The van der Waals surface area contributed by atoms with Gasteiger partial charge in [0, 0.05) is 18.2 Å². The zero-order valence-corrected chi connectivity index (χ0v) is 15.4. The first-order chi connectivity index (χ1) is 12.2. The van der Waals surface area contributed by atoms with E-state index < -0.39 is 15.8 Å². The molecule has 0 radical (unpaired) electrons. The predicted molar refractivity (Wildman–Crippen MR) is 99.0 cm³/mol. The number of benzene rings is 2. The lowest BCUT2D eigenvalue weighted by atomic mass is 10.1. The van der Waals surface area contributed by atoms with Crippen LogP contribution in [0.5, 0.6) is 0 Å². The Balaban J connectivity index is 2.24. The smallest absolute Gasteiger partial charge is 0.262 e. The first kappa shape index (κ1) is 19.9. The van der Waals surface area contributed by atoms with Gasteiger partial charge in [0.2, 0.25) is 0 Å². The van der Waals surface area contributed by atoms with E-state index in [2.05, 4.69) is 10.0 Å². The van der Waals surface area contributed by atoms with Crippen molar-refractivity contribution < 1.29 is 17.6 Å². The van der Waals surface area contributed by atoms with Crippen molar-refractivity contribution in [2.75, 3.05) is 11.3 Å².